The third-order valence-electron chi connectivity index (χ3n) is 2.75. The van der Waals surface area contributed by atoms with E-state index in [-0.39, 0.29) is 18.3 Å². The molecule has 0 unspecified atom stereocenters. The molecule has 0 aliphatic heterocycles. The lowest BCUT2D eigenvalue weighted by Crippen LogP contribution is -2.31. The summed E-state index contributed by atoms with van der Waals surface area (Å²) in [6, 6.07) is 4.80. The van der Waals surface area contributed by atoms with Crippen LogP contribution in [-0.2, 0) is 4.79 Å². The highest BCUT2D eigenvalue weighted by Crippen LogP contribution is 2.16. The second-order valence-electron chi connectivity index (χ2n) is 4.80. The third kappa shape index (κ3) is 4.73. The van der Waals surface area contributed by atoms with E-state index >= 15 is 0 Å². The van der Waals surface area contributed by atoms with Crippen molar-refractivity contribution < 1.29 is 9.18 Å². The van der Waals surface area contributed by atoms with Gasteiger partial charge in [0, 0.05) is 17.8 Å². The van der Waals surface area contributed by atoms with E-state index in [4.69, 9.17) is 0 Å². The molecule has 1 rings (SSSR count). The fourth-order valence-corrected chi connectivity index (χ4v) is 1.54. The Morgan fingerprint density at radius 2 is 2.11 bits per heavy atom. The molecule has 0 aliphatic carbocycles. The van der Waals surface area contributed by atoms with Gasteiger partial charge in [-0.25, -0.2) is 4.39 Å². The van der Waals surface area contributed by atoms with Gasteiger partial charge in [-0.1, -0.05) is 19.9 Å². The molecule has 0 heterocycles. The van der Waals surface area contributed by atoms with Crippen LogP contribution in [-0.4, -0.2) is 19.0 Å². The number of amides is 1. The van der Waals surface area contributed by atoms with Gasteiger partial charge in [0.05, 0.1) is 6.54 Å². The molecule has 1 amide bonds. The van der Waals surface area contributed by atoms with Crippen LogP contribution >= 0.6 is 0 Å². The first kappa shape index (κ1) is 14.5. The first-order chi connectivity index (χ1) is 8.50. The summed E-state index contributed by atoms with van der Waals surface area (Å²) in [6.45, 7) is 6.76. The first-order valence-corrected chi connectivity index (χ1v) is 6.26. The quantitative estimate of drug-likeness (QED) is 0.817. The van der Waals surface area contributed by atoms with Gasteiger partial charge in [-0.05, 0) is 31.4 Å². The van der Waals surface area contributed by atoms with Crippen molar-refractivity contribution >= 4 is 11.6 Å². The predicted octanol–water partition coefficient (Wildman–Crippen LogP) is 2.71. The zero-order valence-corrected chi connectivity index (χ0v) is 11.2. The molecule has 0 atom stereocenters. The predicted molar refractivity (Wildman–Crippen MR) is 72.1 cm³/mol. The average molecular weight is 252 g/mol. The van der Waals surface area contributed by atoms with Crippen molar-refractivity contribution in [2.45, 2.75) is 27.2 Å². The van der Waals surface area contributed by atoms with E-state index in [2.05, 4.69) is 24.5 Å². The summed E-state index contributed by atoms with van der Waals surface area (Å²) in [4.78, 5) is 11.5. The molecular formula is C14H21FN2O. The van der Waals surface area contributed by atoms with Crippen molar-refractivity contribution in [2.24, 2.45) is 5.92 Å². The summed E-state index contributed by atoms with van der Waals surface area (Å²) in [5.74, 6) is 0.239. The zero-order valence-electron chi connectivity index (χ0n) is 11.2. The molecule has 0 radical (unpaired) electrons. The van der Waals surface area contributed by atoms with Crippen LogP contribution in [0.5, 0.6) is 0 Å². The lowest BCUT2D eigenvalue weighted by atomic mass is 10.1. The maximum absolute atomic E-state index is 13.3. The van der Waals surface area contributed by atoms with E-state index in [9.17, 15) is 9.18 Å². The minimum absolute atomic E-state index is 0.0701. The Labute approximate surface area is 108 Å². The smallest absolute Gasteiger partial charge is 0.239 e. The molecule has 4 heteroatoms. The van der Waals surface area contributed by atoms with E-state index in [1.165, 1.54) is 6.07 Å². The lowest BCUT2D eigenvalue weighted by molar-refractivity contribution is -0.119. The van der Waals surface area contributed by atoms with Gasteiger partial charge in [-0.2, -0.15) is 0 Å². The van der Waals surface area contributed by atoms with E-state index in [0.29, 0.717) is 23.7 Å². The summed E-state index contributed by atoms with van der Waals surface area (Å²) in [6.07, 6.45) is 0.963. The van der Waals surface area contributed by atoms with Crippen molar-refractivity contribution in [1.29, 1.82) is 0 Å². The Bertz CT molecular complexity index is 405. The average Bonchev–Trinajstić information content (AvgIpc) is 2.30. The van der Waals surface area contributed by atoms with Crippen molar-refractivity contribution in [3.05, 3.63) is 29.6 Å². The lowest BCUT2D eigenvalue weighted by Gasteiger charge is -2.11. The topological polar surface area (TPSA) is 41.1 Å². The highest BCUT2D eigenvalue weighted by atomic mass is 19.1. The Morgan fingerprint density at radius 1 is 1.39 bits per heavy atom. The standard InChI is InChI=1S/C14H21FN2O/c1-10(2)7-8-16-14(18)9-17-13-6-4-5-12(15)11(13)3/h4-6,10,17H,7-9H2,1-3H3,(H,16,18). The van der Waals surface area contributed by atoms with Crippen LogP contribution in [0, 0.1) is 18.7 Å². The summed E-state index contributed by atoms with van der Waals surface area (Å²) < 4.78 is 13.3. The van der Waals surface area contributed by atoms with Crippen molar-refractivity contribution in [1.82, 2.24) is 5.32 Å². The van der Waals surface area contributed by atoms with Crippen LogP contribution in [0.3, 0.4) is 0 Å². The molecule has 0 saturated carbocycles. The number of hydrogen-bond acceptors (Lipinski definition) is 2. The maximum atomic E-state index is 13.3. The number of benzene rings is 1. The fourth-order valence-electron chi connectivity index (χ4n) is 1.54. The molecule has 0 aliphatic rings. The van der Waals surface area contributed by atoms with Gasteiger partial charge in [0.15, 0.2) is 0 Å². The number of anilines is 1. The molecule has 0 bridgehead atoms. The van der Waals surface area contributed by atoms with E-state index < -0.39 is 0 Å². The monoisotopic (exact) mass is 252 g/mol. The van der Waals surface area contributed by atoms with Crippen LogP contribution in [0.1, 0.15) is 25.8 Å². The van der Waals surface area contributed by atoms with Gasteiger partial charge in [0.1, 0.15) is 5.82 Å². The largest absolute Gasteiger partial charge is 0.376 e. The number of nitrogens with one attached hydrogen (secondary N) is 2. The second-order valence-corrected chi connectivity index (χ2v) is 4.80. The summed E-state index contributed by atoms with van der Waals surface area (Å²) in [5.41, 5.74) is 1.20. The minimum atomic E-state index is -0.264. The van der Waals surface area contributed by atoms with Gasteiger partial charge in [-0.3, -0.25) is 4.79 Å². The van der Waals surface area contributed by atoms with Gasteiger partial charge in [0.25, 0.3) is 0 Å². The van der Waals surface area contributed by atoms with Crippen molar-refractivity contribution in [2.75, 3.05) is 18.4 Å². The highest BCUT2D eigenvalue weighted by molar-refractivity contribution is 5.80. The van der Waals surface area contributed by atoms with E-state index in [1.54, 1.807) is 19.1 Å². The van der Waals surface area contributed by atoms with Crippen LogP contribution in [0.25, 0.3) is 0 Å². The Hall–Kier alpha value is -1.58. The molecule has 18 heavy (non-hydrogen) atoms. The highest BCUT2D eigenvalue weighted by Gasteiger charge is 2.05. The third-order valence-corrected chi connectivity index (χ3v) is 2.75. The maximum Gasteiger partial charge on any atom is 0.239 e. The summed E-state index contributed by atoms with van der Waals surface area (Å²) in [5, 5.41) is 5.76. The zero-order chi connectivity index (χ0) is 13.5. The molecule has 2 N–H and O–H groups in total. The molecule has 3 nitrogen and oxygen atoms in total. The summed E-state index contributed by atoms with van der Waals surface area (Å²) >= 11 is 0. The Balaban J connectivity index is 2.36. The molecule has 0 fully saturated rings. The number of rotatable bonds is 6. The summed E-state index contributed by atoms with van der Waals surface area (Å²) in [7, 11) is 0. The van der Waals surface area contributed by atoms with Gasteiger partial charge >= 0.3 is 0 Å². The fraction of sp³-hybridized carbons (Fsp3) is 0.500. The van der Waals surface area contributed by atoms with Gasteiger partial charge < -0.3 is 10.6 Å². The Kier molecular flexibility index (Phi) is 5.62. The van der Waals surface area contributed by atoms with E-state index in [1.807, 2.05) is 0 Å². The first-order valence-electron chi connectivity index (χ1n) is 6.26. The SMILES string of the molecule is Cc1c(F)cccc1NCC(=O)NCCC(C)C. The van der Waals surface area contributed by atoms with Crippen LogP contribution < -0.4 is 10.6 Å². The Morgan fingerprint density at radius 3 is 2.78 bits per heavy atom. The number of carbonyl (C=O) groups excluding carboxylic acids is 1. The molecular weight excluding hydrogens is 231 g/mol. The normalized spacial score (nSPS) is 10.5. The number of hydrogen-bond donors (Lipinski definition) is 2. The van der Waals surface area contributed by atoms with Crippen molar-refractivity contribution in [3.8, 4) is 0 Å². The van der Waals surface area contributed by atoms with Crippen LogP contribution in [0.4, 0.5) is 10.1 Å². The molecule has 0 spiro atoms. The van der Waals surface area contributed by atoms with Crippen LogP contribution in [0.2, 0.25) is 0 Å². The van der Waals surface area contributed by atoms with Gasteiger partial charge in [-0.15, -0.1) is 0 Å². The van der Waals surface area contributed by atoms with Gasteiger partial charge in [0.2, 0.25) is 5.91 Å². The second kappa shape index (κ2) is 6.99. The van der Waals surface area contributed by atoms with E-state index in [0.717, 1.165) is 6.42 Å². The van der Waals surface area contributed by atoms with Crippen LogP contribution in [0.15, 0.2) is 18.2 Å². The number of carbonyl (C=O) groups is 1. The molecule has 1 aromatic rings. The molecule has 100 valence electrons. The minimum Gasteiger partial charge on any atom is -0.376 e. The number of halogens is 1. The molecule has 0 saturated heterocycles. The molecule has 0 aromatic heterocycles. The molecule has 1 aromatic carbocycles. The van der Waals surface area contributed by atoms with Crippen molar-refractivity contribution in [3.63, 3.8) is 0 Å².